The number of Topliss-reactive ketones (excluding diaryl/α,β-unsaturated/α-hetero) is 3. The molecular weight excluding hydrogens is 1120 g/mol. The van der Waals surface area contributed by atoms with Crippen LogP contribution < -0.4 is 0 Å². The van der Waals surface area contributed by atoms with Gasteiger partial charge >= 0.3 is 17.9 Å². The van der Waals surface area contributed by atoms with E-state index in [9.17, 15) is 38.7 Å². The van der Waals surface area contributed by atoms with Gasteiger partial charge in [-0.05, 0) is 148 Å². The lowest BCUT2D eigenvalue weighted by Gasteiger charge is -2.43. The van der Waals surface area contributed by atoms with E-state index in [0.717, 1.165) is 10.5 Å². The van der Waals surface area contributed by atoms with Crippen LogP contribution in [0.3, 0.4) is 0 Å². The molecule has 1 N–H and O–H groups in total. The number of ether oxygens (including phenoxy) is 11. The Balaban J connectivity index is 1.35. The number of cyclic esters (lactones) is 1. The number of hydrogen-bond donors (Lipinski definition) is 1. The Morgan fingerprint density at radius 2 is 1.38 bits per heavy atom. The van der Waals surface area contributed by atoms with E-state index in [4.69, 9.17) is 56.2 Å². The normalized spacial score (nSPS) is 38.3. The van der Waals surface area contributed by atoms with Crippen molar-refractivity contribution in [1.82, 2.24) is 4.90 Å². The van der Waals surface area contributed by atoms with Crippen molar-refractivity contribution in [2.75, 3.05) is 54.3 Å². The van der Waals surface area contributed by atoms with Crippen LogP contribution in [0.25, 0.3) is 0 Å². The number of methoxy groups -OCH3 is 3. The van der Waals surface area contributed by atoms with E-state index >= 15 is 0 Å². The number of allylic oxidation sites excluding steroid dienone is 6. The fourth-order valence-corrected chi connectivity index (χ4v) is 12.5. The highest BCUT2D eigenvalue weighted by Gasteiger charge is 2.54. The molecule has 0 aromatic carbocycles. The molecule has 0 unspecified atom stereocenters. The SMILES string of the molecule is [2H]C([2H])([2H])C1(C(=O)O[C@@H]2CC[C@@H](C[C@@H](C)[C@@H]3CC(=O)[C@H](C)/C=C(\C)[C@@H](OC(=O)C4(C)COC(C)(C)OC4)[C@@H](OC)C(=O)[C@H](C)C[C@H](C)/C=C/C=C/C=C(\C)[C@@H](OC)C[C@@H]4CC[C@@H](C)[C@@](O)(O4)C(=O)C(=O)N4CCCC[C@H]4C(=O)O3)C[C@H]2OC)COC(C)(C)OC1. The molecule has 0 aromatic heterocycles. The second-order valence-corrected chi connectivity index (χ2v) is 26.9. The highest BCUT2D eigenvalue weighted by molar-refractivity contribution is 6.39. The summed E-state index contributed by atoms with van der Waals surface area (Å²) < 4.78 is 90.9. The molecule has 5 heterocycles. The molecule has 0 aromatic rings. The Morgan fingerprint density at radius 1 is 0.736 bits per heavy atom. The van der Waals surface area contributed by atoms with E-state index < -0.39 is 150 Å². The lowest BCUT2D eigenvalue weighted by molar-refractivity contribution is -0.283. The van der Waals surface area contributed by atoms with Gasteiger partial charge in [-0.2, -0.15) is 0 Å². The lowest BCUT2D eigenvalue weighted by atomic mass is 9.78. The Hall–Kier alpha value is -4.51. The van der Waals surface area contributed by atoms with E-state index in [1.807, 2.05) is 51.2 Å². The van der Waals surface area contributed by atoms with Crippen molar-refractivity contribution in [3.8, 4) is 0 Å². The number of rotatable bonds is 10. The van der Waals surface area contributed by atoms with Gasteiger partial charge in [0.25, 0.3) is 11.7 Å². The molecule has 6 rings (SSSR count). The average molecular weight is 1230 g/mol. The molecule has 0 radical (unpaired) electrons. The molecular formula is C67H103NO19. The number of nitrogens with zero attached hydrogens (tertiary/aromatic N) is 1. The van der Waals surface area contributed by atoms with E-state index in [-0.39, 0.29) is 68.8 Å². The number of carbonyl (C=O) groups excluding carboxylic acids is 7. The summed E-state index contributed by atoms with van der Waals surface area (Å²) in [5, 5.41) is 12.2. The summed E-state index contributed by atoms with van der Waals surface area (Å²) in [5.74, 6) is -13.3. The van der Waals surface area contributed by atoms with Gasteiger partial charge in [0.15, 0.2) is 29.6 Å². The van der Waals surface area contributed by atoms with Crippen molar-refractivity contribution in [3.05, 3.63) is 47.6 Å². The first kappa shape index (κ1) is 66.9. The van der Waals surface area contributed by atoms with Gasteiger partial charge in [-0.3, -0.25) is 28.8 Å². The maximum Gasteiger partial charge on any atom is 0.329 e. The van der Waals surface area contributed by atoms with Gasteiger partial charge in [-0.15, -0.1) is 0 Å². The fourth-order valence-electron chi connectivity index (χ4n) is 12.5. The van der Waals surface area contributed by atoms with Gasteiger partial charge in [-0.1, -0.05) is 71.1 Å². The van der Waals surface area contributed by atoms with Gasteiger partial charge in [0.05, 0.1) is 44.7 Å². The Labute approximate surface area is 520 Å². The summed E-state index contributed by atoms with van der Waals surface area (Å²) in [4.78, 5) is 103. The van der Waals surface area contributed by atoms with Crippen molar-refractivity contribution in [3.63, 3.8) is 0 Å². The minimum absolute atomic E-state index is 0.000252. The third kappa shape index (κ3) is 18.4. The predicted molar refractivity (Wildman–Crippen MR) is 321 cm³/mol. The first-order chi connectivity index (χ1) is 42.0. The Bertz CT molecular complexity index is 2650. The molecule has 1 amide bonds. The zero-order valence-electron chi connectivity index (χ0n) is 57.3. The molecule has 5 fully saturated rings. The maximum absolute atomic E-state index is 14.9. The van der Waals surface area contributed by atoms with E-state index in [1.165, 1.54) is 14.2 Å². The molecule has 1 saturated carbocycles. The van der Waals surface area contributed by atoms with Crippen molar-refractivity contribution >= 4 is 41.2 Å². The maximum atomic E-state index is 14.9. The summed E-state index contributed by atoms with van der Waals surface area (Å²) in [6, 6.07) is -1.27. The van der Waals surface area contributed by atoms with E-state index in [1.54, 1.807) is 75.5 Å². The number of carbonyl (C=O) groups is 7. The van der Waals surface area contributed by atoms with Gasteiger partial charge in [-0.25, -0.2) is 4.79 Å². The first-order valence-electron chi connectivity index (χ1n) is 32.8. The van der Waals surface area contributed by atoms with Crippen molar-refractivity contribution in [2.45, 2.75) is 233 Å². The van der Waals surface area contributed by atoms with Gasteiger partial charge in [0.1, 0.15) is 34.9 Å². The van der Waals surface area contributed by atoms with Gasteiger partial charge in [0, 0.05) is 62.6 Å². The number of aliphatic hydroxyl groups is 1. The van der Waals surface area contributed by atoms with Crippen LogP contribution in [0.15, 0.2) is 47.6 Å². The summed E-state index contributed by atoms with van der Waals surface area (Å²) in [6.45, 7) is 17.0. The molecule has 87 heavy (non-hydrogen) atoms. The van der Waals surface area contributed by atoms with Gasteiger partial charge < -0.3 is 62.1 Å². The Kier molecular flexibility index (Phi) is 23.5. The molecule has 20 nitrogen and oxygen atoms in total. The second-order valence-electron chi connectivity index (χ2n) is 26.9. The van der Waals surface area contributed by atoms with Crippen LogP contribution in [0.4, 0.5) is 0 Å². The molecule has 5 aliphatic heterocycles. The Morgan fingerprint density at radius 3 is 2.00 bits per heavy atom. The quantitative estimate of drug-likeness (QED) is 0.0928. The second kappa shape index (κ2) is 30.5. The number of hydrogen-bond acceptors (Lipinski definition) is 19. The minimum atomic E-state index is -2.82. The molecule has 490 valence electrons. The van der Waals surface area contributed by atoms with Gasteiger partial charge in [0.2, 0.25) is 5.79 Å². The standard InChI is InChI=1S/C67H103NO19/c1-40-22-18-17-19-23-41(2)52(77-14)34-48-27-25-46(7)67(76,87-48)58(71)59(72)68-29-21-20-24-49(68)60(73)84-53(43(4)32-47-26-28-51(54(33-47)78-15)85-61(74)65(12)36-80-63(8,9)81-37-65)35-50(69)42(3)31-45(6)56(57(79-16)55(70)44(5)30-40)86-62(75)66(13)38-82-64(10,11)83-39-66/h17-19,22-23,31,40,42-44,46-49,51-54,56-57,76H,20-21,24-30,32-39H2,1-16H3/b19-17+,22-18+,41-23+,45-31+/t40-,42-,43-,44-,46-,47+,48+,49+,51-,52+,53+,54-,56-,57+,67-/m1/s1/i12D3. The summed E-state index contributed by atoms with van der Waals surface area (Å²) in [7, 11) is 4.39. The smallest absolute Gasteiger partial charge is 0.329 e. The van der Waals surface area contributed by atoms with Crippen LogP contribution >= 0.6 is 0 Å². The van der Waals surface area contributed by atoms with Crippen LogP contribution in [-0.4, -0.2) is 172 Å². The largest absolute Gasteiger partial charge is 0.460 e. The number of piperidine rings is 1. The molecule has 1 aliphatic carbocycles. The topological polar surface area (TPSA) is 244 Å². The zero-order valence-corrected chi connectivity index (χ0v) is 54.3. The molecule has 2 bridgehead atoms. The van der Waals surface area contributed by atoms with Crippen molar-refractivity contribution in [1.29, 1.82) is 0 Å². The third-order valence-electron chi connectivity index (χ3n) is 18.6. The van der Waals surface area contributed by atoms with Crippen LogP contribution in [-0.2, 0) is 85.7 Å². The monoisotopic (exact) mass is 1230 g/mol. The molecule has 4 saturated heterocycles. The zero-order chi connectivity index (χ0) is 66.9. The first-order valence-corrected chi connectivity index (χ1v) is 31.3. The number of amides is 1. The van der Waals surface area contributed by atoms with Crippen LogP contribution in [0.1, 0.15) is 171 Å². The van der Waals surface area contributed by atoms with Crippen LogP contribution in [0.2, 0.25) is 0 Å². The number of ketones is 3. The number of fused-ring (bicyclic) bond motifs is 3. The molecule has 0 spiro atoms. The van der Waals surface area contributed by atoms with Crippen molar-refractivity contribution < 1.29 is 94.9 Å². The third-order valence-corrected chi connectivity index (χ3v) is 18.6. The lowest BCUT2D eigenvalue weighted by Crippen LogP contribution is -2.61. The van der Waals surface area contributed by atoms with Crippen LogP contribution in [0.5, 0.6) is 0 Å². The summed E-state index contributed by atoms with van der Waals surface area (Å²) in [6.07, 6.45) is 8.30. The minimum Gasteiger partial charge on any atom is -0.460 e. The molecule has 6 aliphatic rings. The summed E-state index contributed by atoms with van der Waals surface area (Å²) in [5.41, 5.74) is -2.18. The summed E-state index contributed by atoms with van der Waals surface area (Å²) >= 11 is 0. The van der Waals surface area contributed by atoms with Crippen LogP contribution in [0, 0.1) is 46.3 Å². The number of esters is 3. The highest BCUT2D eigenvalue weighted by Crippen LogP contribution is 2.40. The molecule has 20 heteroatoms. The molecule has 15 atom stereocenters. The van der Waals surface area contributed by atoms with Crippen molar-refractivity contribution in [2.24, 2.45) is 46.3 Å². The highest BCUT2D eigenvalue weighted by atomic mass is 16.7. The fraction of sp³-hybridized carbons (Fsp3) is 0.776. The van der Waals surface area contributed by atoms with E-state index in [2.05, 4.69) is 0 Å². The van der Waals surface area contributed by atoms with E-state index in [0.29, 0.717) is 56.9 Å². The average Bonchev–Trinajstić information content (AvgIpc) is 0.793. The predicted octanol–water partition coefficient (Wildman–Crippen LogP) is 8.86.